The third-order valence-electron chi connectivity index (χ3n) is 8.25. The average molecular weight is 779 g/mol. The highest BCUT2D eigenvalue weighted by atomic mass is 16.7. The Morgan fingerprint density at radius 2 is 0.893 bits per heavy atom. The molecule has 22 heteroatoms. The van der Waals surface area contributed by atoms with Crippen molar-refractivity contribution in [2.45, 2.75) is 90.6 Å². The Balaban J connectivity index is 1.33. The second-order valence-corrected chi connectivity index (χ2v) is 12.4. The Hall–Kier alpha value is -6.60. The Bertz CT molecular complexity index is 2110. The summed E-state index contributed by atoms with van der Waals surface area (Å²) in [5.41, 5.74) is 1.15. The average Bonchev–Trinajstić information content (AvgIpc) is 3.89. The predicted molar refractivity (Wildman–Crippen MR) is 180 cm³/mol. The van der Waals surface area contributed by atoms with E-state index in [1.807, 2.05) is 0 Å². The van der Waals surface area contributed by atoms with Gasteiger partial charge in [-0.1, -0.05) is 0 Å². The first-order valence-corrected chi connectivity index (χ1v) is 16.8. The topological polar surface area (TPSA) is 263 Å². The molecule has 6 rings (SSSR count). The lowest BCUT2D eigenvalue weighted by Gasteiger charge is -2.23. The first-order valence-electron chi connectivity index (χ1n) is 16.8. The number of fused-ring (bicyclic) bond motifs is 2. The molecule has 56 heavy (non-hydrogen) atoms. The van der Waals surface area contributed by atoms with E-state index in [1.165, 1.54) is 76.0 Å². The number of ether oxygens (including phenoxy) is 8. The fourth-order valence-corrected chi connectivity index (χ4v) is 6.21. The lowest BCUT2D eigenvalue weighted by molar-refractivity contribution is -0.166. The molecule has 0 amide bonds. The molecule has 2 aliphatic rings. The van der Waals surface area contributed by atoms with Crippen molar-refractivity contribution in [1.82, 2.24) is 39.0 Å². The number of imidazole rings is 2. The van der Waals surface area contributed by atoms with E-state index in [0.717, 1.165) is 0 Å². The molecule has 0 aromatic carbocycles. The third kappa shape index (κ3) is 8.37. The van der Waals surface area contributed by atoms with Gasteiger partial charge in [-0.05, 0) is 11.8 Å². The molecule has 294 valence electrons. The number of aromatic nitrogens is 8. The lowest BCUT2D eigenvalue weighted by Crippen LogP contribution is -2.40. The quantitative estimate of drug-likeness (QED) is 0.117. The van der Waals surface area contributed by atoms with Crippen LogP contribution in [-0.2, 0) is 66.7 Å². The van der Waals surface area contributed by atoms with Crippen molar-refractivity contribution in [2.75, 3.05) is 13.2 Å². The summed E-state index contributed by atoms with van der Waals surface area (Å²) in [6, 6.07) is 0. The molecule has 0 N–H and O–H groups in total. The molecule has 2 saturated heterocycles. The van der Waals surface area contributed by atoms with Crippen molar-refractivity contribution in [3.63, 3.8) is 0 Å². The van der Waals surface area contributed by atoms with Crippen molar-refractivity contribution in [1.29, 1.82) is 0 Å². The molecular weight excluding hydrogens is 744 g/mol. The molecule has 0 saturated carbocycles. The van der Waals surface area contributed by atoms with Gasteiger partial charge in [0.2, 0.25) is 0 Å². The van der Waals surface area contributed by atoms with Crippen LogP contribution in [0.1, 0.15) is 65.4 Å². The number of carbonyl (C=O) groups excluding carboxylic acids is 6. The smallest absolute Gasteiger partial charge is 0.303 e. The standard InChI is InChI=1S/C34H34N8O14/c1-15(43)49-9-23-27(51-17(3)45)29(53-19(5)47)33(55-23)41-13-39-25-21(35-11-37-31(25)41)7-8-22-26-32(38-12-36-22)42(14-40-26)34-30(54-20(6)48)28(52-18(4)46)24(56-34)10-50-16(2)44/h11-14,23-24,27-30,33-34H,9-10H2,1-6H3/t23-,24-,27-,28-,29-,30-,33-,34-/m1/s1. The second-order valence-electron chi connectivity index (χ2n) is 12.4. The number of carbonyl (C=O) groups is 6. The first-order chi connectivity index (χ1) is 26.7. The highest BCUT2D eigenvalue weighted by molar-refractivity contribution is 5.79. The first kappa shape index (κ1) is 39.1. The fraction of sp³-hybridized carbons (Fsp3) is 0.471. The maximum Gasteiger partial charge on any atom is 0.303 e. The van der Waals surface area contributed by atoms with Crippen LogP contribution < -0.4 is 0 Å². The zero-order chi connectivity index (χ0) is 40.3. The van der Waals surface area contributed by atoms with Gasteiger partial charge >= 0.3 is 35.8 Å². The van der Waals surface area contributed by atoms with Crippen molar-refractivity contribution >= 4 is 58.1 Å². The summed E-state index contributed by atoms with van der Waals surface area (Å²) in [6.45, 7) is 6.51. The number of nitrogens with zero attached hydrogens (tertiary/aromatic N) is 8. The van der Waals surface area contributed by atoms with E-state index in [9.17, 15) is 28.8 Å². The van der Waals surface area contributed by atoms with Gasteiger partial charge < -0.3 is 37.9 Å². The summed E-state index contributed by atoms with van der Waals surface area (Å²) in [6.07, 6.45) is -3.79. The molecule has 0 spiro atoms. The highest BCUT2D eigenvalue weighted by Crippen LogP contribution is 2.37. The molecule has 0 unspecified atom stereocenters. The largest absolute Gasteiger partial charge is 0.463 e. The molecule has 4 aromatic heterocycles. The lowest BCUT2D eigenvalue weighted by atomic mass is 10.1. The van der Waals surface area contributed by atoms with Crippen LogP contribution in [0.2, 0.25) is 0 Å². The molecule has 0 aliphatic carbocycles. The maximum atomic E-state index is 12.2. The third-order valence-corrected chi connectivity index (χ3v) is 8.25. The van der Waals surface area contributed by atoms with E-state index in [-0.39, 0.29) is 46.9 Å². The predicted octanol–water partition coefficient (Wildman–Crippen LogP) is 0.0136. The molecule has 2 aliphatic heterocycles. The molecular formula is C34H34N8O14. The van der Waals surface area contributed by atoms with Crippen molar-refractivity contribution in [3.05, 3.63) is 36.7 Å². The number of hydrogen-bond donors (Lipinski definition) is 0. The Kier molecular flexibility index (Phi) is 11.5. The van der Waals surface area contributed by atoms with Crippen molar-refractivity contribution in [3.8, 4) is 11.8 Å². The van der Waals surface area contributed by atoms with E-state index < -0.39 is 84.9 Å². The highest BCUT2D eigenvalue weighted by Gasteiger charge is 2.52. The maximum absolute atomic E-state index is 12.2. The van der Waals surface area contributed by atoms with Crippen LogP contribution in [0.25, 0.3) is 22.3 Å². The minimum atomic E-state index is -1.19. The molecule has 6 heterocycles. The number of hydrogen-bond acceptors (Lipinski definition) is 20. The van der Waals surface area contributed by atoms with Gasteiger partial charge in [-0.2, -0.15) is 0 Å². The Labute approximate surface area is 316 Å². The Morgan fingerprint density at radius 1 is 0.536 bits per heavy atom. The summed E-state index contributed by atoms with van der Waals surface area (Å²) in [4.78, 5) is 97.6. The van der Waals surface area contributed by atoms with Crippen molar-refractivity contribution in [2.24, 2.45) is 0 Å². The minimum Gasteiger partial charge on any atom is -0.463 e. The van der Waals surface area contributed by atoms with Crippen molar-refractivity contribution < 1.29 is 66.7 Å². The SMILES string of the molecule is CC(=O)OC[C@H]1O[C@@H](n2cnc3c(C#Cc4ncnc5c4ncn5[C@@H]4O[C@H](COC(C)=O)[C@@H](OC(C)=O)[C@H]4OC(C)=O)ncnc32)[C@H](OC(C)=O)[C@@H]1OC(C)=O. The van der Waals surface area contributed by atoms with Gasteiger partial charge in [0.05, 0.1) is 12.7 Å². The molecule has 4 aromatic rings. The molecule has 0 radical (unpaired) electrons. The summed E-state index contributed by atoms with van der Waals surface area (Å²) in [5, 5.41) is 0. The van der Waals surface area contributed by atoms with Crippen LogP contribution in [0.5, 0.6) is 0 Å². The van der Waals surface area contributed by atoms with E-state index in [1.54, 1.807) is 0 Å². The van der Waals surface area contributed by atoms with Crippen LogP contribution in [-0.4, -0.2) is 125 Å². The summed E-state index contributed by atoms with van der Waals surface area (Å²) >= 11 is 0. The van der Waals surface area contributed by atoms with E-state index in [2.05, 4.69) is 41.7 Å². The number of esters is 6. The van der Waals surface area contributed by atoms with Crippen LogP contribution in [0, 0.1) is 11.8 Å². The molecule has 0 bridgehead atoms. The van der Waals surface area contributed by atoms with E-state index in [4.69, 9.17) is 37.9 Å². The van der Waals surface area contributed by atoms with Gasteiger partial charge in [0, 0.05) is 41.5 Å². The van der Waals surface area contributed by atoms with Gasteiger partial charge in [0.25, 0.3) is 0 Å². The van der Waals surface area contributed by atoms with Gasteiger partial charge in [0.15, 0.2) is 48.2 Å². The summed E-state index contributed by atoms with van der Waals surface area (Å²) in [5.74, 6) is 1.89. The second kappa shape index (κ2) is 16.4. The summed E-state index contributed by atoms with van der Waals surface area (Å²) < 4.78 is 47.3. The molecule has 8 atom stereocenters. The zero-order valence-corrected chi connectivity index (χ0v) is 30.6. The van der Waals surface area contributed by atoms with Crippen LogP contribution >= 0.6 is 0 Å². The number of rotatable bonds is 10. The van der Waals surface area contributed by atoms with E-state index >= 15 is 0 Å². The normalized spacial score (nSPS) is 24.2. The van der Waals surface area contributed by atoms with Gasteiger partial charge in [0.1, 0.15) is 60.5 Å². The van der Waals surface area contributed by atoms with Crippen LogP contribution in [0.15, 0.2) is 25.3 Å². The van der Waals surface area contributed by atoms with E-state index in [0.29, 0.717) is 0 Å². The monoisotopic (exact) mass is 778 g/mol. The molecule has 2 fully saturated rings. The fourth-order valence-electron chi connectivity index (χ4n) is 6.21. The van der Waals surface area contributed by atoms with Crippen LogP contribution in [0.4, 0.5) is 0 Å². The van der Waals surface area contributed by atoms with Gasteiger partial charge in [-0.15, -0.1) is 0 Å². The zero-order valence-electron chi connectivity index (χ0n) is 30.6. The Morgan fingerprint density at radius 3 is 1.23 bits per heavy atom. The van der Waals surface area contributed by atoms with Crippen LogP contribution in [0.3, 0.4) is 0 Å². The van der Waals surface area contributed by atoms with Gasteiger partial charge in [-0.3, -0.25) is 37.9 Å². The molecule has 22 nitrogen and oxygen atoms in total. The van der Waals surface area contributed by atoms with Gasteiger partial charge in [-0.25, -0.2) is 29.9 Å². The minimum absolute atomic E-state index is 0.154. The summed E-state index contributed by atoms with van der Waals surface area (Å²) in [7, 11) is 0.